The minimum Gasteiger partial charge on any atom is -0.394 e. The molecule has 0 saturated carbocycles. The van der Waals surface area contributed by atoms with Crippen molar-refractivity contribution in [1.82, 2.24) is 37.2 Å². The average molecular weight is 1350 g/mol. The highest BCUT2D eigenvalue weighted by Gasteiger charge is 2.52. The van der Waals surface area contributed by atoms with Gasteiger partial charge >= 0.3 is 0 Å². The van der Waals surface area contributed by atoms with Crippen molar-refractivity contribution < 1.29 is 138 Å². The summed E-state index contributed by atoms with van der Waals surface area (Å²) in [6, 6.07) is -1.05. The van der Waals surface area contributed by atoms with E-state index in [9.17, 15) is 99.9 Å². The molecule has 0 aliphatic carbocycles. The third-order valence-electron chi connectivity index (χ3n) is 15.0. The lowest BCUT2D eigenvalue weighted by atomic mass is 9.96. The molecule has 542 valence electrons. The summed E-state index contributed by atoms with van der Waals surface area (Å²) in [7, 11) is 0. The van der Waals surface area contributed by atoms with Gasteiger partial charge in [-0.2, -0.15) is 0 Å². The van der Waals surface area contributed by atoms with Crippen molar-refractivity contribution in [3.63, 3.8) is 0 Å². The zero-order chi connectivity index (χ0) is 69.7. The predicted molar refractivity (Wildman–Crippen MR) is 322 cm³/mol. The summed E-state index contributed by atoms with van der Waals surface area (Å²) in [4.78, 5) is 83.3. The van der Waals surface area contributed by atoms with E-state index in [1.165, 1.54) is 20.8 Å². The van der Waals surface area contributed by atoms with Crippen LogP contribution in [0.2, 0.25) is 0 Å². The zero-order valence-electron chi connectivity index (χ0n) is 54.0. The van der Waals surface area contributed by atoms with Gasteiger partial charge in [0.15, 0.2) is 25.2 Å². The van der Waals surface area contributed by atoms with Gasteiger partial charge < -0.3 is 141 Å². The number of unbranched alkanes of at least 4 members (excludes halogenated alkanes) is 5. The van der Waals surface area contributed by atoms with Gasteiger partial charge in [0.1, 0.15) is 97.6 Å². The van der Waals surface area contributed by atoms with Crippen LogP contribution in [0.1, 0.15) is 125 Å². The molecule has 4 saturated heterocycles. The van der Waals surface area contributed by atoms with E-state index in [0.29, 0.717) is 64.3 Å². The normalized spacial score (nSPS) is 31.2. The largest absolute Gasteiger partial charge is 0.394 e. The van der Waals surface area contributed by atoms with Crippen LogP contribution < -0.4 is 37.2 Å². The molecule has 0 unspecified atom stereocenters. The van der Waals surface area contributed by atoms with Gasteiger partial charge in [0.05, 0.1) is 39.1 Å². The lowest BCUT2D eigenvalue weighted by molar-refractivity contribution is -0.366. The second-order valence-electron chi connectivity index (χ2n) is 22.6. The highest BCUT2D eigenvalue weighted by Crippen LogP contribution is 2.31. The molecular weight excluding hydrogens is 1240 g/mol. The second-order valence-corrected chi connectivity index (χ2v) is 22.6. The molecule has 4 heterocycles. The van der Waals surface area contributed by atoms with Gasteiger partial charge in [-0.1, -0.05) is 12.8 Å². The number of amides is 7. The molecule has 0 aromatic carbocycles. The third kappa shape index (κ3) is 31.0. The molecule has 35 heteroatoms. The van der Waals surface area contributed by atoms with E-state index in [0.717, 1.165) is 13.1 Å². The molecule has 0 radical (unpaired) electrons. The fourth-order valence-corrected chi connectivity index (χ4v) is 9.75. The predicted octanol–water partition coefficient (Wildman–Crippen LogP) is -7.38. The molecule has 35 nitrogen and oxygen atoms in total. The molecule has 4 rings (SSSR count). The summed E-state index contributed by atoms with van der Waals surface area (Å²) < 4.78 is 44.4. The van der Waals surface area contributed by atoms with E-state index < -0.39 is 161 Å². The number of ether oxygens (including phenoxy) is 8. The lowest BCUT2D eigenvalue weighted by Crippen LogP contribution is -2.65. The van der Waals surface area contributed by atoms with Crippen LogP contribution >= 0.6 is 0 Å². The number of carbonyl (C=O) groups is 7. The summed E-state index contributed by atoms with van der Waals surface area (Å²) in [5.74, 6) is -1.55. The Morgan fingerprint density at radius 2 is 0.828 bits per heavy atom. The maximum absolute atomic E-state index is 13.6. The van der Waals surface area contributed by atoms with E-state index in [2.05, 4.69) is 37.2 Å². The molecule has 0 aromatic rings. The van der Waals surface area contributed by atoms with E-state index in [1.54, 1.807) is 0 Å². The summed E-state index contributed by atoms with van der Waals surface area (Å²) in [5.41, 5.74) is 0. The Labute approximate surface area is 541 Å². The van der Waals surface area contributed by atoms with Gasteiger partial charge in [-0.15, -0.1) is 0 Å². The molecule has 4 aliphatic rings. The standard InChI is InChI=1S/C50H89N5O26.2C4H9NO/c1-3-51-30(58)13-6-4-5-7-16-33(61)55-26(12-10-11-17-52-31(59)14-8-9-15-32(60)53-18-20-74-47-41(69)38(66)34(62)25(2)77-47)46(73)54-19-21-75-49-44(72)45(81-50-43(71)40(68)36(64)28(23-57)79-50)37(65)29(80-49)24-76-48-42(70)39(67)35(63)27(22-56)78-48;2*1-3-5-4(2)6/h25-29,34-45,47-50,56-57,62-72H,3-24H2,1-2H3,(H,51,58)(H,52,59)(H,53,60)(H,54,73)(H,55,61);2*3H2,1-2H3,(H,5,6)/t25-,26-,27+,28+,29+,34+,35+,36+,37+,38+,39-,40-,41-,42-,43-,44-,45-,47+,48-,49-,50+;;/m0../s1. The van der Waals surface area contributed by atoms with Crippen LogP contribution in [0.25, 0.3) is 0 Å². The fourth-order valence-electron chi connectivity index (χ4n) is 9.75. The maximum Gasteiger partial charge on any atom is 0.242 e. The summed E-state index contributed by atoms with van der Waals surface area (Å²) in [5, 5.41) is 153. The maximum atomic E-state index is 13.6. The average Bonchev–Trinajstić information content (AvgIpc) is 2.81. The zero-order valence-corrected chi connectivity index (χ0v) is 54.0. The van der Waals surface area contributed by atoms with Gasteiger partial charge in [-0.3, -0.25) is 33.6 Å². The Morgan fingerprint density at radius 1 is 0.409 bits per heavy atom. The SMILES string of the molecule is CCNC(=O)CCCCCCC(=O)N[C@@H](CCCCNC(=O)CCCCC(=O)NCCO[C@@H]1O[C@@H](C)[C@@H](O)[C@@H](O)[C@@H]1O)C(=O)NCCO[C@H]1O[C@H](CO[C@H]2O[C@H](CO)[C@@H](O)[C@H](O)[C@@H]2O)[C@@H](O)[C@H](O[C@H]2O[C@H](CO)[C@@H](O)[C@H](O)[C@@H]2O)[C@@H]1O.CCNC(C)=O.CCNC(C)=O. The first-order valence-corrected chi connectivity index (χ1v) is 31.9. The van der Waals surface area contributed by atoms with Crippen LogP contribution in [-0.4, -0.2) is 309 Å². The monoisotopic (exact) mass is 1350 g/mol. The Morgan fingerprint density at radius 3 is 1.32 bits per heavy atom. The highest BCUT2D eigenvalue weighted by atomic mass is 16.8. The number of rotatable bonds is 37. The smallest absolute Gasteiger partial charge is 0.242 e. The van der Waals surface area contributed by atoms with Crippen molar-refractivity contribution in [2.24, 2.45) is 0 Å². The van der Waals surface area contributed by atoms with Crippen LogP contribution in [0, 0.1) is 0 Å². The molecule has 21 atom stereocenters. The van der Waals surface area contributed by atoms with E-state index >= 15 is 0 Å². The van der Waals surface area contributed by atoms with Gasteiger partial charge in [0.2, 0.25) is 41.4 Å². The minimum absolute atomic E-state index is 0.0296. The fraction of sp³-hybridized carbons (Fsp3) is 0.879. The molecule has 20 N–H and O–H groups in total. The first-order valence-electron chi connectivity index (χ1n) is 31.9. The minimum atomic E-state index is -1.97. The lowest BCUT2D eigenvalue weighted by Gasteiger charge is -2.46. The second kappa shape index (κ2) is 46.6. The Bertz CT molecular complexity index is 2130. The van der Waals surface area contributed by atoms with Gasteiger partial charge in [-0.05, 0) is 72.6 Å². The number of aliphatic hydroxyl groups is 13. The van der Waals surface area contributed by atoms with Crippen molar-refractivity contribution in [3.05, 3.63) is 0 Å². The molecule has 93 heavy (non-hydrogen) atoms. The topological polar surface area (TPSA) is 541 Å². The molecule has 0 spiro atoms. The summed E-state index contributed by atoms with van der Waals surface area (Å²) >= 11 is 0. The van der Waals surface area contributed by atoms with Crippen LogP contribution in [-0.2, 0) is 71.5 Å². The number of carbonyl (C=O) groups excluding carboxylic acids is 7. The van der Waals surface area contributed by atoms with E-state index in [-0.39, 0.29) is 88.1 Å². The van der Waals surface area contributed by atoms with Crippen molar-refractivity contribution >= 4 is 41.4 Å². The summed E-state index contributed by atoms with van der Waals surface area (Å²) in [6.07, 6.45) is -27.4. The molecule has 7 amide bonds. The van der Waals surface area contributed by atoms with E-state index in [4.69, 9.17) is 37.9 Å². The van der Waals surface area contributed by atoms with Crippen molar-refractivity contribution in [2.75, 3.05) is 72.3 Å². The Balaban J connectivity index is 0.00000223. The Hall–Kier alpha value is -4.55. The van der Waals surface area contributed by atoms with Crippen LogP contribution in [0.4, 0.5) is 0 Å². The number of hydrogen-bond acceptors (Lipinski definition) is 28. The van der Waals surface area contributed by atoms with Crippen molar-refractivity contribution in [2.45, 2.75) is 254 Å². The molecule has 0 bridgehead atoms. The highest BCUT2D eigenvalue weighted by molar-refractivity contribution is 5.87. The van der Waals surface area contributed by atoms with Crippen molar-refractivity contribution in [3.8, 4) is 0 Å². The number of hydrogen-bond donors (Lipinski definition) is 20. The van der Waals surface area contributed by atoms with Gasteiger partial charge in [-0.25, -0.2) is 0 Å². The van der Waals surface area contributed by atoms with Gasteiger partial charge in [0.25, 0.3) is 0 Å². The first-order chi connectivity index (χ1) is 44.2. The number of aliphatic hydroxyl groups excluding tert-OH is 13. The van der Waals surface area contributed by atoms with Crippen LogP contribution in [0.5, 0.6) is 0 Å². The quantitative estimate of drug-likeness (QED) is 0.0257. The van der Waals surface area contributed by atoms with Crippen LogP contribution in [0.15, 0.2) is 0 Å². The molecule has 4 aliphatic heterocycles. The van der Waals surface area contributed by atoms with E-state index in [1.807, 2.05) is 20.8 Å². The van der Waals surface area contributed by atoms with Crippen molar-refractivity contribution in [1.29, 1.82) is 0 Å². The third-order valence-corrected chi connectivity index (χ3v) is 15.0. The first kappa shape index (κ1) is 84.5. The van der Waals surface area contributed by atoms with Gasteiger partial charge in [0, 0.05) is 78.8 Å². The molecule has 4 fully saturated rings. The number of nitrogens with one attached hydrogen (secondary N) is 7. The molecular formula is C58H107N7O28. The van der Waals surface area contributed by atoms with Crippen LogP contribution in [0.3, 0.4) is 0 Å². The molecule has 0 aromatic heterocycles. The summed E-state index contributed by atoms with van der Waals surface area (Å²) in [6.45, 7) is 9.48. The Kier molecular flexibility index (Phi) is 42.3.